The molecule has 2 atom stereocenters. The summed E-state index contributed by atoms with van der Waals surface area (Å²) < 4.78 is 5.17. The first-order chi connectivity index (χ1) is 8.41. The number of nitrogens with zero attached hydrogens (tertiary/aromatic N) is 1. The Morgan fingerprint density at radius 2 is 2.22 bits per heavy atom. The first-order valence-electron chi connectivity index (χ1n) is 5.57. The zero-order valence-corrected chi connectivity index (χ0v) is 10.1. The van der Waals surface area contributed by atoms with E-state index in [1.54, 1.807) is 6.92 Å². The van der Waals surface area contributed by atoms with Crippen molar-refractivity contribution in [2.75, 3.05) is 19.8 Å². The van der Waals surface area contributed by atoms with E-state index in [4.69, 9.17) is 15.6 Å². The van der Waals surface area contributed by atoms with Gasteiger partial charge < -0.3 is 25.8 Å². The second kappa shape index (κ2) is 6.20. The molecular weight excluding hydrogens is 242 g/mol. The number of hydrogen-bond acceptors (Lipinski definition) is 4. The molecule has 0 aromatic rings. The number of carbonyl (C=O) groups excluding carboxylic acids is 2. The smallest absolute Gasteiger partial charge is 0.326 e. The Hall–Kier alpha value is -1.83. The summed E-state index contributed by atoms with van der Waals surface area (Å²) in [5.41, 5.74) is 4.93. The number of nitrogens with one attached hydrogen (secondary N) is 1. The second-order valence-corrected chi connectivity index (χ2v) is 4.13. The van der Waals surface area contributed by atoms with Crippen molar-refractivity contribution < 1.29 is 24.2 Å². The molecule has 0 bridgehead atoms. The van der Waals surface area contributed by atoms with Crippen LogP contribution >= 0.6 is 0 Å². The van der Waals surface area contributed by atoms with Gasteiger partial charge in [-0.25, -0.2) is 9.59 Å². The third-order valence-corrected chi connectivity index (χ3v) is 2.63. The quantitative estimate of drug-likeness (QED) is 0.582. The predicted octanol–water partition coefficient (Wildman–Crippen LogP) is -1.25. The van der Waals surface area contributed by atoms with E-state index >= 15 is 0 Å². The molecule has 18 heavy (non-hydrogen) atoms. The Morgan fingerprint density at radius 3 is 2.72 bits per heavy atom. The Kier molecular flexibility index (Phi) is 4.90. The van der Waals surface area contributed by atoms with E-state index in [0.717, 1.165) is 0 Å². The molecule has 0 saturated carbocycles. The van der Waals surface area contributed by atoms with E-state index in [1.165, 1.54) is 4.90 Å². The van der Waals surface area contributed by atoms with Crippen LogP contribution in [-0.4, -0.2) is 59.8 Å². The monoisotopic (exact) mass is 259 g/mol. The summed E-state index contributed by atoms with van der Waals surface area (Å²) in [7, 11) is 0. The van der Waals surface area contributed by atoms with Gasteiger partial charge in [0.05, 0.1) is 25.7 Å². The van der Waals surface area contributed by atoms with Crippen molar-refractivity contribution in [3.8, 4) is 0 Å². The lowest BCUT2D eigenvalue weighted by atomic mass is 10.2. The van der Waals surface area contributed by atoms with Crippen LogP contribution in [0.1, 0.15) is 13.3 Å². The molecule has 1 heterocycles. The molecule has 0 radical (unpaired) electrons. The van der Waals surface area contributed by atoms with Gasteiger partial charge in [-0.2, -0.15) is 0 Å². The summed E-state index contributed by atoms with van der Waals surface area (Å²) in [6.45, 7) is 2.99. The number of urea groups is 1. The van der Waals surface area contributed by atoms with Crippen molar-refractivity contribution in [3.05, 3.63) is 0 Å². The molecule has 1 aliphatic heterocycles. The minimum atomic E-state index is -1.30. The fourth-order valence-electron chi connectivity index (χ4n) is 1.66. The average molecular weight is 259 g/mol. The van der Waals surface area contributed by atoms with E-state index < -0.39 is 30.4 Å². The lowest BCUT2D eigenvalue weighted by molar-refractivity contribution is -0.141. The van der Waals surface area contributed by atoms with Crippen LogP contribution in [0.5, 0.6) is 0 Å². The molecular formula is C10H17N3O5. The van der Waals surface area contributed by atoms with Gasteiger partial charge in [0.25, 0.3) is 0 Å². The topological polar surface area (TPSA) is 122 Å². The average Bonchev–Trinajstić information content (AvgIpc) is 2.27. The van der Waals surface area contributed by atoms with E-state index in [9.17, 15) is 14.4 Å². The number of aliphatic carboxylic acids is 1. The van der Waals surface area contributed by atoms with Crippen LogP contribution in [-0.2, 0) is 14.3 Å². The highest BCUT2D eigenvalue weighted by Crippen LogP contribution is 2.07. The highest BCUT2D eigenvalue weighted by atomic mass is 16.5. The number of ether oxygens (including phenoxy) is 1. The van der Waals surface area contributed by atoms with Gasteiger partial charge in [0.1, 0.15) is 6.04 Å². The molecule has 0 spiro atoms. The van der Waals surface area contributed by atoms with Crippen LogP contribution in [0.3, 0.4) is 0 Å². The number of carboxylic acid groups (broad SMARTS) is 1. The van der Waals surface area contributed by atoms with E-state index in [2.05, 4.69) is 5.32 Å². The number of nitrogens with two attached hydrogens (primary N) is 1. The molecule has 4 N–H and O–H groups in total. The van der Waals surface area contributed by atoms with Gasteiger partial charge in [-0.3, -0.25) is 4.79 Å². The number of amides is 3. The molecule has 1 rings (SSSR count). The Labute approximate surface area is 104 Å². The predicted molar refractivity (Wildman–Crippen MR) is 60.8 cm³/mol. The maximum absolute atomic E-state index is 11.8. The van der Waals surface area contributed by atoms with Gasteiger partial charge in [-0.1, -0.05) is 0 Å². The lowest BCUT2D eigenvalue weighted by Gasteiger charge is -2.33. The molecule has 8 nitrogen and oxygen atoms in total. The van der Waals surface area contributed by atoms with Crippen LogP contribution in [0.25, 0.3) is 0 Å². The minimum Gasteiger partial charge on any atom is -0.480 e. The fraction of sp³-hybridized carbons (Fsp3) is 0.700. The van der Waals surface area contributed by atoms with Crippen molar-refractivity contribution in [2.45, 2.75) is 25.4 Å². The van der Waals surface area contributed by atoms with E-state index in [1.807, 2.05) is 0 Å². The number of rotatable bonds is 4. The van der Waals surface area contributed by atoms with Gasteiger partial charge in [-0.05, 0) is 6.92 Å². The normalized spacial score (nSPS) is 21.2. The van der Waals surface area contributed by atoms with Crippen LogP contribution in [0, 0.1) is 0 Å². The molecule has 1 fully saturated rings. The molecule has 0 aromatic carbocycles. The highest BCUT2D eigenvalue weighted by molar-refractivity contribution is 5.87. The zero-order chi connectivity index (χ0) is 13.7. The number of hydrogen-bond donors (Lipinski definition) is 3. The molecule has 1 aliphatic rings. The summed E-state index contributed by atoms with van der Waals surface area (Å²) in [4.78, 5) is 34.9. The maximum Gasteiger partial charge on any atom is 0.326 e. The Balaban J connectivity index is 2.59. The third kappa shape index (κ3) is 3.88. The van der Waals surface area contributed by atoms with E-state index in [-0.39, 0.29) is 6.04 Å². The molecule has 0 aromatic heterocycles. The molecule has 8 heteroatoms. The summed E-state index contributed by atoms with van der Waals surface area (Å²) in [6.07, 6.45) is -0.431. The number of morpholine rings is 1. The molecule has 0 aliphatic carbocycles. The second-order valence-electron chi connectivity index (χ2n) is 4.13. The summed E-state index contributed by atoms with van der Waals surface area (Å²) in [5, 5.41) is 11.1. The maximum atomic E-state index is 11.8. The fourth-order valence-corrected chi connectivity index (χ4v) is 1.66. The van der Waals surface area contributed by atoms with Gasteiger partial charge in [0.2, 0.25) is 5.91 Å². The van der Waals surface area contributed by atoms with Gasteiger partial charge in [-0.15, -0.1) is 0 Å². The first-order valence-corrected chi connectivity index (χ1v) is 5.57. The van der Waals surface area contributed by atoms with Crippen LogP contribution in [0.4, 0.5) is 4.79 Å². The number of carboxylic acids is 1. The number of primary amides is 1. The first kappa shape index (κ1) is 14.2. The number of carbonyl (C=O) groups is 3. The molecule has 1 unspecified atom stereocenters. The lowest BCUT2D eigenvalue weighted by Crippen LogP contribution is -2.55. The van der Waals surface area contributed by atoms with Crippen LogP contribution in [0.2, 0.25) is 0 Å². The van der Waals surface area contributed by atoms with Crippen molar-refractivity contribution in [1.29, 1.82) is 0 Å². The Morgan fingerprint density at radius 1 is 1.56 bits per heavy atom. The largest absolute Gasteiger partial charge is 0.480 e. The molecule has 102 valence electrons. The van der Waals surface area contributed by atoms with Crippen molar-refractivity contribution in [1.82, 2.24) is 10.2 Å². The SMILES string of the molecule is CC1COCCN1C(=O)N[C@@H](CC(N)=O)C(=O)O. The Bertz CT molecular complexity index is 346. The van der Waals surface area contributed by atoms with Crippen molar-refractivity contribution in [3.63, 3.8) is 0 Å². The minimum absolute atomic E-state index is 0.137. The van der Waals surface area contributed by atoms with Gasteiger partial charge >= 0.3 is 12.0 Å². The van der Waals surface area contributed by atoms with Crippen molar-refractivity contribution >= 4 is 17.9 Å². The van der Waals surface area contributed by atoms with E-state index in [0.29, 0.717) is 19.8 Å². The van der Waals surface area contributed by atoms with Crippen molar-refractivity contribution in [2.24, 2.45) is 5.73 Å². The summed E-state index contributed by atoms with van der Waals surface area (Å²) in [6, 6.07) is -1.97. The molecule has 3 amide bonds. The summed E-state index contributed by atoms with van der Waals surface area (Å²) >= 11 is 0. The summed E-state index contributed by atoms with van der Waals surface area (Å²) in [5.74, 6) is -2.07. The van der Waals surface area contributed by atoms with Crippen LogP contribution < -0.4 is 11.1 Å². The third-order valence-electron chi connectivity index (χ3n) is 2.63. The van der Waals surface area contributed by atoms with Gasteiger partial charge in [0, 0.05) is 6.54 Å². The van der Waals surface area contributed by atoms with Crippen LogP contribution in [0.15, 0.2) is 0 Å². The molecule has 1 saturated heterocycles. The zero-order valence-electron chi connectivity index (χ0n) is 10.1. The standard InChI is InChI=1S/C10H17N3O5/c1-6-5-18-3-2-13(6)10(17)12-7(9(15)16)4-8(11)14/h6-7H,2-5H2,1H3,(H2,11,14)(H,12,17)(H,15,16)/t6?,7-/m0/s1. The van der Waals surface area contributed by atoms with Gasteiger partial charge in [0.15, 0.2) is 0 Å². The highest BCUT2D eigenvalue weighted by Gasteiger charge is 2.28.